The summed E-state index contributed by atoms with van der Waals surface area (Å²) in [6.45, 7) is 3.61. The molecule has 2 saturated heterocycles. The second-order valence-electron chi connectivity index (χ2n) is 10.2. The summed E-state index contributed by atoms with van der Waals surface area (Å²) >= 11 is 0. The van der Waals surface area contributed by atoms with E-state index in [0.29, 0.717) is 37.3 Å². The number of nitrogens with zero attached hydrogens (tertiary/aromatic N) is 4. The SMILES string of the molecule is O=C(CC1CCCC1)N1CCC[C@@]2(C(=O)NCC3CC3)CN(c3ncccn3)C[C@H]2C1. The third-order valence-electron chi connectivity index (χ3n) is 8.01. The number of carbonyl (C=O) groups excluding carboxylic acids is 2. The number of hydrogen-bond acceptors (Lipinski definition) is 5. The van der Waals surface area contributed by atoms with Gasteiger partial charge in [0.1, 0.15) is 0 Å². The quantitative estimate of drug-likeness (QED) is 0.758. The van der Waals surface area contributed by atoms with Gasteiger partial charge in [-0.25, -0.2) is 9.97 Å². The van der Waals surface area contributed by atoms with E-state index in [1.807, 2.05) is 6.07 Å². The molecule has 31 heavy (non-hydrogen) atoms. The highest BCUT2D eigenvalue weighted by Gasteiger charge is 2.54. The van der Waals surface area contributed by atoms with Crippen molar-refractivity contribution in [1.29, 1.82) is 0 Å². The second kappa shape index (κ2) is 8.75. The maximum absolute atomic E-state index is 13.5. The monoisotopic (exact) mass is 425 g/mol. The van der Waals surface area contributed by atoms with Gasteiger partial charge in [0.2, 0.25) is 17.8 Å². The molecule has 0 spiro atoms. The van der Waals surface area contributed by atoms with Crippen LogP contribution >= 0.6 is 0 Å². The largest absolute Gasteiger partial charge is 0.355 e. The van der Waals surface area contributed by atoms with Crippen LogP contribution in [0.2, 0.25) is 0 Å². The predicted molar refractivity (Wildman–Crippen MR) is 118 cm³/mol. The van der Waals surface area contributed by atoms with Gasteiger partial charge in [0.25, 0.3) is 0 Å². The van der Waals surface area contributed by atoms with Gasteiger partial charge in [-0.15, -0.1) is 0 Å². The van der Waals surface area contributed by atoms with Gasteiger partial charge in [0.05, 0.1) is 5.41 Å². The van der Waals surface area contributed by atoms with Gasteiger partial charge in [0.15, 0.2) is 0 Å². The summed E-state index contributed by atoms with van der Waals surface area (Å²) in [6.07, 6.45) is 13.3. The Kier molecular flexibility index (Phi) is 5.85. The number of rotatable bonds is 6. The molecule has 3 heterocycles. The fourth-order valence-corrected chi connectivity index (χ4v) is 5.96. The minimum atomic E-state index is -0.462. The van der Waals surface area contributed by atoms with Crippen molar-refractivity contribution < 1.29 is 9.59 Å². The van der Waals surface area contributed by atoms with Crippen molar-refractivity contribution in [3.63, 3.8) is 0 Å². The van der Waals surface area contributed by atoms with Gasteiger partial charge in [-0.2, -0.15) is 0 Å². The van der Waals surface area contributed by atoms with Crippen molar-refractivity contribution in [1.82, 2.24) is 20.2 Å². The van der Waals surface area contributed by atoms with E-state index in [2.05, 4.69) is 25.1 Å². The Balaban J connectivity index is 1.34. The van der Waals surface area contributed by atoms with E-state index in [1.165, 1.54) is 38.5 Å². The van der Waals surface area contributed by atoms with E-state index in [4.69, 9.17) is 0 Å². The molecular formula is C24H35N5O2. The molecule has 4 aliphatic rings. The van der Waals surface area contributed by atoms with Crippen LogP contribution in [-0.2, 0) is 9.59 Å². The fraction of sp³-hybridized carbons (Fsp3) is 0.750. The molecule has 0 unspecified atom stereocenters. The van der Waals surface area contributed by atoms with Gasteiger partial charge in [-0.3, -0.25) is 9.59 Å². The van der Waals surface area contributed by atoms with E-state index in [1.54, 1.807) is 12.4 Å². The van der Waals surface area contributed by atoms with Crippen LogP contribution in [0, 0.1) is 23.2 Å². The molecular weight excluding hydrogens is 390 g/mol. The van der Waals surface area contributed by atoms with Crippen LogP contribution in [0.1, 0.15) is 57.8 Å². The lowest BCUT2D eigenvalue weighted by Crippen LogP contribution is -2.48. The van der Waals surface area contributed by atoms with E-state index in [9.17, 15) is 9.59 Å². The van der Waals surface area contributed by atoms with Crippen molar-refractivity contribution in [3.05, 3.63) is 18.5 Å². The number of likely N-dealkylation sites (tertiary alicyclic amines) is 1. The van der Waals surface area contributed by atoms with Crippen LogP contribution in [0.25, 0.3) is 0 Å². The highest BCUT2D eigenvalue weighted by atomic mass is 16.2. The first-order valence-corrected chi connectivity index (χ1v) is 12.2. The molecule has 2 amide bonds. The summed E-state index contributed by atoms with van der Waals surface area (Å²) in [5.74, 6) is 2.48. The van der Waals surface area contributed by atoms with E-state index in [-0.39, 0.29) is 17.7 Å². The summed E-state index contributed by atoms with van der Waals surface area (Å²) < 4.78 is 0. The predicted octanol–water partition coefficient (Wildman–Crippen LogP) is 2.63. The average Bonchev–Trinajstić information content (AvgIpc) is 3.41. The van der Waals surface area contributed by atoms with E-state index in [0.717, 1.165) is 32.5 Å². The van der Waals surface area contributed by atoms with Crippen molar-refractivity contribution in [3.8, 4) is 0 Å². The highest BCUT2D eigenvalue weighted by molar-refractivity contribution is 5.85. The van der Waals surface area contributed by atoms with Gasteiger partial charge >= 0.3 is 0 Å². The van der Waals surface area contributed by atoms with Crippen LogP contribution in [0.15, 0.2) is 18.5 Å². The lowest BCUT2D eigenvalue weighted by atomic mass is 9.74. The average molecular weight is 426 g/mol. The number of hydrogen-bond donors (Lipinski definition) is 1. The first-order chi connectivity index (χ1) is 15.1. The first-order valence-electron chi connectivity index (χ1n) is 12.2. The third kappa shape index (κ3) is 4.41. The smallest absolute Gasteiger partial charge is 0.228 e. The van der Waals surface area contributed by atoms with Crippen molar-refractivity contribution in [2.45, 2.75) is 57.8 Å². The normalized spacial score (nSPS) is 29.0. The molecule has 0 bridgehead atoms. The molecule has 7 nitrogen and oxygen atoms in total. The summed E-state index contributed by atoms with van der Waals surface area (Å²) in [5, 5.41) is 3.27. The molecule has 2 aliphatic heterocycles. The first kappa shape index (κ1) is 20.7. The van der Waals surface area contributed by atoms with Crippen LogP contribution in [0.5, 0.6) is 0 Å². The molecule has 2 atom stereocenters. The maximum Gasteiger partial charge on any atom is 0.228 e. The number of aromatic nitrogens is 2. The molecule has 2 saturated carbocycles. The maximum atomic E-state index is 13.5. The molecule has 0 aromatic carbocycles. The minimum absolute atomic E-state index is 0.116. The summed E-state index contributed by atoms with van der Waals surface area (Å²) in [5.41, 5.74) is -0.462. The topological polar surface area (TPSA) is 78.4 Å². The zero-order valence-electron chi connectivity index (χ0n) is 18.5. The Hall–Kier alpha value is -2.18. The molecule has 1 N–H and O–H groups in total. The van der Waals surface area contributed by atoms with Gasteiger partial charge < -0.3 is 15.1 Å². The molecule has 1 aromatic heterocycles. The molecule has 7 heteroatoms. The Morgan fingerprint density at radius 2 is 1.81 bits per heavy atom. The summed E-state index contributed by atoms with van der Waals surface area (Å²) in [4.78, 5) is 39.8. The van der Waals surface area contributed by atoms with Crippen molar-refractivity contribution >= 4 is 17.8 Å². The Labute approximate surface area is 185 Å². The highest BCUT2D eigenvalue weighted by Crippen LogP contribution is 2.44. The standard InChI is InChI=1S/C24H35N5O2/c30-21(13-18-5-1-2-6-18)28-12-3-9-24(22(31)27-14-19-7-8-19)17-29(16-20(24)15-28)23-25-10-4-11-26-23/h4,10-11,18-20H,1-3,5-9,12-17H2,(H,27,31)/t20-,24-/m1/s1. The minimum Gasteiger partial charge on any atom is -0.355 e. The Morgan fingerprint density at radius 1 is 1.03 bits per heavy atom. The van der Waals surface area contributed by atoms with Crippen molar-refractivity contribution in [2.24, 2.45) is 23.2 Å². The lowest BCUT2D eigenvalue weighted by molar-refractivity contribution is -0.135. The third-order valence-corrected chi connectivity index (χ3v) is 8.01. The van der Waals surface area contributed by atoms with Crippen LogP contribution < -0.4 is 10.2 Å². The number of anilines is 1. The molecule has 0 radical (unpaired) electrons. The van der Waals surface area contributed by atoms with Gasteiger partial charge in [-0.1, -0.05) is 12.8 Å². The fourth-order valence-electron chi connectivity index (χ4n) is 5.96. The molecule has 1 aromatic rings. The molecule has 4 fully saturated rings. The zero-order chi connectivity index (χ0) is 21.3. The molecule has 2 aliphatic carbocycles. The van der Waals surface area contributed by atoms with Crippen molar-refractivity contribution in [2.75, 3.05) is 37.6 Å². The van der Waals surface area contributed by atoms with Crippen LogP contribution in [0.4, 0.5) is 5.95 Å². The molecule has 5 rings (SSSR count). The van der Waals surface area contributed by atoms with Crippen LogP contribution in [0.3, 0.4) is 0 Å². The number of nitrogens with one attached hydrogen (secondary N) is 1. The molecule has 168 valence electrons. The summed E-state index contributed by atoms with van der Waals surface area (Å²) in [7, 11) is 0. The number of fused-ring (bicyclic) bond motifs is 1. The van der Waals surface area contributed by atoms with Crippen LogP contribution in [-0.4, -0.2) is 59.4 Å². The van der Waals surface area contributed by atoms with E-state index >= 15 is 0 Å². The Morgan fingerprint density at radius 3 is 2.55 bits per heavy atom. The van der Waals surface area contributed by atoms with E-state index < -0.39 is 5.41 Å². The zero-order valence-corrected chi connectivity index (χ0v) is 18.5. The number of carbonyl (C=O) groups is 2. The Bertz CT molecular complexity index is 792. The summed E-state index contributed by atoms with van der Waals surface area (Å²) in [6, 6.07) is 1.82. The lowest BCUT2D eigenvalue weighted by Gasteiger charge is -2.32. The van der Waals surface area contributed by atoms with Gasteiger partial charge in [-0.05, 0) is 56.4 Å². The second-order valence-corrected chi connectivity index (χ2v) is 10.2. The van der Waals surface area contributed by atoms with Gasteiger partial charge in [0, 0.05) is 57.5 Å². The number of amides is 2.